The molecule has 102 valence electrons. The number of halogens is 1. The first-order chi connectivity index (χ1) is 9.54. The first kappa shape index (κ1) is 13.2. The molecule has 0 aliphatic carbocycles. The summed E-state index contributed by atoms with van der Waals surface area (Å²) in [4.78, 5) is 11.4. The lowest BCUT2D eigenvalue weighted by molar-refractivity contribution is 0.600. The Bertz CT molecular complexity index is 829. The van der Waals surface area contributed by atoms with Crippen LogP contribution >= 0.6 is 22.9 Å². The summed E-state index contributed by atoms with van der Waals surface area (Å²) in [5, 5.41) is 0.282. The number of hydrogen-bond acceptors (Lipinski definition) is 6. The molecule has 0 fully saturated rings. The predicted octanol–water partition coefficient (Wildman–Crippen LogP) is 2.54. The van der Waals surface area contributed by atoms with Gasteiger partial charge in [0.1, 0.15) is 4.90 Å². The SMILES string of the molecule is O=S(=O)(Nc1nc2ccccc2s1)c1cnc(Cl)nc1. The van der Waals surface area contributed by atoms with E-state index in [1.165, 1.54) is 11.3 Å². The number of nitrogens with zero attached hydrogens (tertiary/aromatic N) is 3. The summed E-state index contributed by atoms with van der Waals surface area (Å²) in [6, 6.07) is 7.39. The molecule has 2 aromatic heterocycles. The zero-order chi connectivity index (χ0) is 14.2. The van der Waals surface area contributed by atoms with E-state index >= 15 is 0 Å². The van der Waals surface area contributed by atoms with Crippen molar-refractivity contribution < 1.29 is 8.42 Å². The van der Waals surface area contributed by atoms with Crippen molar-refractivity contribution in [2.24, 2.45) is 0 Å². The Labute approximate surface area is 123 Å². The van der Waals surface area contributed by atoms with Crippen molar-refractivity contribution in [3.05, 3.63) is 41.9 Å². The fourth-order valence-electron chi connectivity index (χ4n) is 1.53. The lowest BCUT2D eigenvalue weighted by atomic mass is 10.3. The van der Waals surface area contributed by atoms with Crippen molar-refractivity contribution in [1.29, 1.82) is 0 Å². The van der Waals surface area contributed by atoms with Crippen molar-refractivity contribution in [2.75, 3.05) is 4.72 Å². The van der Waals surface area contributed by atoms with Gasteiger partial charge in [-0.05, 0) is 23.7 Å². The first-order valence-corrected chi connectivity index (χ1v) is 8.08. The fourth-order valence-corrected chi connectivity index (χ4v) is 3.62. The van der Waals surface area contributed by atoms with Crippen LogP contribution in [0.3, 0.4) is 0 Å². The highest BCUT2D eigenvalue weighted by atomic mass is 35.5. The number of rotatable bonds is 3. The molecule has 2 heterocycles. The number of fused-ring (bicyclic) bond motifs is 1. The summed E-state index contributed by atoms with van der Waals surface area (Å²) in [5.74, 6) is 0. The third-order valence-corrected chi connectivity index (χ3v) is 4.99. The van der Waals surface area contributed by atoms with E-state index in [4.69, 9.17) is 11.6 Å². The number of sulfonamides is 1. The number of anilines is 1. The molecule has 0 spiro atoms. The van der Waals surface area contributed by atoms with Gasteiger partial charge in [-0.15, -0.1) is 0 Å². The van der Waals surface area contributed by atoms with E-state index in [0.29, 0.717) is 5.13 Å². The number of para-hydroxylation sites is 1. The fraction of sp³-hybridized carbons (Fsp3) is 0. The smallest absolute Gasteiger partial charge is 0.255 e. The van der Waals surface area contributed by atoms with Crippen LogP contribution in [0.1, 0.15) is 0 Å². The first-order valence-electron chi connectivity index (χ1n) is 5.40. The van der Waals surface area contributed by atoms with Crippen molar-refractivity contribution in [3.8, 4) is 0 Å². The van der Waals surface area contributed by atoms with Crippen LogP contribution in [-0.4, -0.2) is 23.4 Å². The number of thiazole rings is 1. The van der Waals surface area contributed by atoms with E-state index in [1.54, 1.807) is 0 Å². The topological polar surface area (TPSA) is 84.8 Å². The average molecular weight is 327 g/mol. The average Bonchev–Trinajstić information content (AvgIpc) is 2.80. The Hall–Kier alpha value is -1.77. The zero-order valence-corrected chi connectivity index (χ0v) is 12.2. The maximum Gasteiger partial charge on any atom is 0.266 e. The van der Waals surface area contributed by atoms with Gasteiger partial charge in [0.25, 0.3) is 10.0 Å². The molecule has 0 bridgehead atoms. The molecular formula is C11H7ClN4O2S2. The molecule has 0 saturated heterocycles. The van der Waals surface area contributed by atoms with Crippen molar-refractivity contribution >= 4 is 48.3 Å². The molecule has 0 aliphatic heterocycles. The van der Waals surface area contributed by atoms with Crippen LogP contribution in [0.5, 0.6) is 0 Å². The number of hydrogen-bond donors (Lipinski definition) is 1. The van der Waals surface area contributed by atoms with Gasteiger partial charge in [0.05, 0.1) is 22.6 Å². The van der Waals surface area contributed by atoms with Crippen LogP contribution in [0.15, 0.2) is 41.6 Å². The minimum absolute atomic E-state index is 0.0102. The third kappa shape index (κ3) is 2.58. The summed E-state index contributed by atoms with van der Waals surface area (Å²) < 4.78 is 27.5. The molecule has 1 N–H and O–H groups in total. The van der Waals surface area contributed by atoms with Crippen LogP contribution in [0, 0.1) is 0 Å². The maximum absolute atomic E-state index is 12.1. The molecule has 0 saturated carbocycles. The Morgan fingerprint density at radius 1 is 1.15 bits per heavy atom. The van der Waals surface area contributed by atoms with Gasteiger partial charge in [0, 0.05) is 0 Å². The minimum atomic E-state index is -3.76. The van der Waals surface area contributed by atoms with Crippen LogP contribution in [0.2, 0.25) is 5.28 Å². The van der Waals surface area contributed by atoms with E-state index < -0.39 is 10.0 Å². The number of nitrogens with one attached hydrogen (secondary N) is 1. The van der Waals surface area contributed by atoms with Gasteiger partial charge >= 0.3 is 0 Å². The van der Waals surface area contributed by atoms with E-state index in [-0.39, 0.29) is 10.2 Å². The van der Waals surface area contributed by atoms with Crippen LogP contribution < -0.4 is 4.72 Å². The second-order valence-electron chi connectivity index (χ2n) is 3.78. The molecule has 3 aromatic rings. The van der Waals surface area contributed by atoms with E-state index in [1.807, 2.05) is 24.3 Å². The highest BCUT2D eigenvalue weighted by molar-refractivity contribution is 7.93. The number of aromatic nitrogens is 3. The molecule has 0 unspecified atom stereocenters. The second kappa shape index (κ2) is 4.97. The van der Waals surface area contributed by atoms with Gasteiger partial charge < -0.3 is 0 Å². The Morgan fingerprint density at radius 3 is 2.55 bits per heavy atom. The molecule has 9 heteroatoms. The van der Waals surface area contributed by atoms with E-state index in [9.17, 15) is 8.42 Å². The lowest BCUT2D eigenvalue weighted by Gasteiger charge is -2.03. The summed E-state index contributed by atoms with van der Waals surface area (Å²) in [7, 11) is -3.76. The summed E-state index contributed by atoms with van der Waals surface area (Å²) in [6.07, 6.45) is 2.29. The number of benzene rings is 1. The quantitative estimate of drug-likeness (QED) is 0.748. The van der Waals surface area contributed by atoms with Gasteiger partial charge in [-0.2, -0.15) is 0 Å². The Kier molecular flexibility index (Phi) is 3.28. The van der Waals surface area contributed by atoms with E-state index in [2.05, 4.69) is 19.7 Å². The monoisotopic (exact) mass is 326 g/mol. The molecule has 20 heavy (non-hydrogen) atoms. The molecule has 0 radical (unpaired) electrons. The standard InChI is InChI=1S/C11H7ClN4O2S2/c12-10-13-5-7(6-14-10)20(17,18)16-11-15-8-3-1-2-4-9(8)19-11/h1-6H,(H,15,16). The minimum Gasteiger partial charge on any atom is -0.255 e. The highest BCUT2D eigenvalue weighted by Crippen LogP contribution is 2.27. The lowest BCUT2D eigenvalue weighted by Crippen LogP contribution is -2.13. The zero-order valence-electron chi connectivity index (χ0n) is 9.82. The molecule has 0 amide bonds. The van der Waals surface area contributed by atoms with Gasteiger partial charge in [0.2, 0.25) is 5.28 Å². The molecule has 1 aromatic carbocycles. The molecule has 0 atom stereocenters. The summed E-state index contributed by atoms with van der Waals surface area (Å²) >= 11 is 6.78. The van der Waals surface area contributed by atoms with Crippen molar-refractivity contribution in [1.82, 2.24) is 15.0 Å². The molecule has 3 rings (SSSR count). The summed E-state index contributed by atoms with van der Waals surface area (Å²) in [5.41, 5.74) is 0.738. The second-order valence-corrected chi connectivity index (χ2v) is 6.83. The van der Waals surface area contributed by atoms with Crippen LogP contribution in [0.4, 0.5) is 5.13 Å². The van der Waals surface area contributed by atoms with Crippen molar-refractivity contribution in [3.63, 3.8) is 0 Å². The van der Waals surface area contributed by atoms with E-state index in [0.717, 1.165) is 22.6 Å². The molecule has 0 aliphatic rings. The normalized spacial score (nSPS) is 11.7. The highest BCUT2D eigenvalue weighted by Gasteiger charge is 2.17. The Morgan fingerprint density at radius 2 is 1.85 bits per heavy atom. The maximum atomic E-state index is 12.1. The Balaban J connectivity index is 1.94. The van der Waals surface area contributed by atoms with Gasteiger partial charge in [0.15, 0.2) is 5.13 Å². The van der Waals surface area contributed by atoms with Crippen molar-refractivity contribution in [2.45, 2.75) is 4.90 Å². The summed E-state index contributed by atoms with van der Waals surface area (Å²) in [6.45, 7) is 0. The molecular weight excluding hydrogens is 320 g/mol. The third-order valence-electron chi connectivity index (χ3n) is 2.42. The van der Waals surface area contributed by atoms with Crippen LogP contribution in [0.25, 0.3) is 10.2 Å². The van der Waals surface area contributed by atoms with Crippen LogP contribution in [-0.2, 0) is 10.0 Å². The van der Waals surface area contributed by atoms with Gasteiger partial charge in [-0.25, -0.2) is 23.4 Å². The van der Waals surface area contributed by atoms with Gasteiger partial charge in [-0.1, -0.05) is 23.5 Å². The largest absolute Gasteiger partial charge is 0.266 e. The predicted molar refractivity (Wildman–Crippen MR) is 77.5 cm³/mol. The van der Waals surface area contributed by atoms with Gasteiger partial charge in [-0.3, -0.25) is 4.72 Å². The molecule has 6 nitrogen and oxygen atoms in total.